The Morgan fingerprint density at radius 1 is 1.33 bits per heavy atom. The highest BCUT2D eigenvalue weighted by Crippen LogP contribution is 2.22. The van der Waals surface area contributed by atoms with Gasteiger partial charge in [-0.3, -0.25) is 0 Å². The van der Waals surface area contributed by atoms with Gasteiger partial charge in [0.05, 0.1) is 0 Å². The van der Waals surface area contributed by atoms with Gasteiger partial charge in [0.25, 0.3) is 0 Å². The topological polar surface area (TPSA) is 12.0 Å². The average Bonchev–Trinajstić information content (AvgIpc) is 2.80. The van der Waals surface area contributed by atoms with E-state index in [0.717, 1.165) is 24.1 Å². The minimum Gasteiger partial charge on any atom is -0.310 e. The second-order valence-corrected chi connectivity index (χ2v) is 5.29. The highest BCUT2D eigenvalue weighted by molar-refractivity contribution is 7.07. The van der Waals surface area contributed by atoms with Crippen LogP contribution in [0, 0.1) is 12.7 Å². The van der Waals surface area contributed by atoms with Gasteiger partial charge in [-0.05, 0) is 65.5 Å². The highest BCUT2D eigenvalue weighted by atomic mass is 32.1. The zero-order valence-corrected chi connectivity index (χ0v) is 11.6. The Bertz CT molecular complexity index is 473. The Labute approximate surface area is 112 Å². The molecule has 1 nitrogen and oxygen atoms in total. The molecule has 0 fully saturated rings. The minimum absolute atomic E-state index is 0.154. The van der Waals surface area contributed by atoms with E-state index in [-0.39, 0.29) is 11.9 Å². The number of nitrogens with one attached hydrogen (secondary N) is 1. The van der Waals surface area contributed by atoms with Crippen molar-refractivity contribution in [3.63, 3.8) is 0 Å². The van der Waals surface area contributed by atoms with Crippen molar-refractivity contribution >= 4 is 11.3 Å². The summed E-state index contributed by atoms with van der Waals surface area (Å²) in [6.07, 6.45) is 0.903. The van der Waals surface area contributed by atoms with Gasteiger partial charge in [0.1, 0.15) is 5.82 Å². The molecule has 0 saturated heterocycles. The third-order valence-corrected chi connectivity index (χ3v) is 3.67. The first-order chi connectivity index (χ1) is 8.69. The van der Waals surface area contributed by atoms with Gasteiger partial charge < -0.3 is 5.32 Å². The summed E-state index contributed by atoms with van der Waals surface area (Å²) in [7, 11) is 0. The maximum atomic E-state index is 13.5. The van der Waals surface area contributed by atoms with E-state index in [9.17, 15) is 4.39 Å². The zero-order chi connectivity index (χ0) is 13.0. The number of hydrogen-bond donors (Lipinski definition) is 1. The Kier molecular flexibility index (Phi) is 4.50. The van der Waals surface area contributed by atoms with Gasteiger partial charge in [0.15, 0.2) is 0 Å². The molecule has 1 aromatic heterocycles. The van der Waals surface area contributed by atoms with E-state index >= 15 is 0 Å². The lowest BCUT2D eigenvalue weighted by molar-refractivity contribution is 0.542. The first kappa shape index (κ1) is 13.2. The molecule has 1 unspecified atom stereocenters. The molecular weight excluding hydrogens is 245 g/mol. The van der Waals surface area contributed by atoms with Crippen LogP contribution in [-0.2, 0) is 6.42 Å². The van der Waals surface area contributed by atoms with Crippen LogP contribution in [0.15, 0.2) is 35.0 Å². The predicted octanol–water partition coefficient (Wildman–Crippen LogP) is 4.09. The van der Waals surface area contributed by atoms with Crippen LogP contribution in [0.2, 0.25) is 0 Å². The van der Waals surface area contributed by atoms with Crippen LogP contribution in [-0.4, -0.2) is 6.54 Å². The van der Waals surface area contributed by atoms with E-state index in [1.165, 1.54) is 5.56 Å². The fourth-order valence-corrected chi connectivity index (χ4v) is 2.85. The lowest BCUT2D eigenvalue weighted by Crippen LogP contribution is -2.23. The van der Waals surface area contributed by atoms with Crippen LogP contribution in [0.5, 0.6) is 0 Å². The van der Waals surface area contributed by atoms with E-state index in [0.29, 0.717) is 0 Å². The molecule has 1 aromatic carbocycles. The van der Waals surface area contributed by atoms with Gasteiger partial charge in [0, 0.05) is 6.04 Å². The largest absolute Gasteiger partial charge is 0.310 e. The average molecular weight is 263 g/mol. The molecule has 2 aromatic rings. The molecule has 0 aliphatic heterocycles. The normalized spacial score (nSPS) is 12.6. The molecule has 1 heterocycles. The molecule has 2 rings (SSSR count). The van der Waals surface area contributed by atoms with Crippen molar-refractivity contribution < 1.29 is 4.39 Å². The van der Waals surface area contributed by atoms with Crippen LogP contribution in [0.25, 0.3) is 0 Å². The molecule has 0 radical (unpaired) electrons. The molecule has 0 saturated carbocycles. The number of halogens is 1. The summed E-state index contributed by atoms with van der Waals surface area (Å²) in [5, 5.41) is 7.66. The minimum atomic E-state index is -0.154. The summed E-state index contributed by atoms with van der Waals surface area (Å²) in [6.45, 7) is 4.89. The van der Waals surface area contributed by atoms with Gasteiger partial charge in [-0.1, -0.05) is 13.0 Å². The third-order valence-electron chi connectivity index (χ3n) is 2.94. The third kappa shape index (κ3) is 3.40. The van der Waals surface area contributed by atoms with E-state index in [4.69, 9.17) is 0 Å². The molecule has 0 bridgehead atoms. The van der Waals surface area contributed by atoms with Crippen molar-refractivity contribution in [1.29, 1.82) is 0 Å². The standard InChI is InChI=1S/C15H18FNS/c1-3-17-15(8-12-4-5-18-10-12)13-6-11(2)7-14(16)9-13/h4-7,9-10,15,17H,3,8H2,1-2H3. The molecule has 0 aliphatic carbocycles. The van der Waals surface area contributed by atoms with Crippen LogP contribution < -0.4 is 5.32 Å². The van der Waals surface area contributed by atoms with Gasteiger partial charge in [0.2, 0.25) is 0 Å². The molecule has 0 spiro atoms. The fraction of sp³-hybridized carbons (Fsp3) is 0.333. The first-order valence-electron chi connectivity index (χ1n) is 6.20. The number of benzene rings is 1. The Morgan fingerprint density at radius 2 is 2.17 bits per heavy atom. The van der Waals surface area contributed by atoms with Crippen molar-refractivity contribution in [2.24, 2.45) is 0 Å². The van der Waals surface area contributed by atoms with Crippen molar-refractivity contribution in [3.05, 3.63) is 57.5 Å². The molecule has 1 N–H and O–H groups in total. The Balaban J connectivity index is 2.23. The molecule has 96 valence electrons. The number of likely N-dealkylation sites (N-methyl/N-ethyl adjacent to an activating group) is 1. The summed E-state index contributed by atoms with van der Waals surface area (Å²) >= 11 is 1.70. The summed E-state index contributed by atoms with van der Waals surface area (Å²) in [6, 6.07) is 7.56. The number of rotatable bonds is 5. The molecule has 0 aliphatic rings. The van der Waals surface area contributed by atoms with E-state index in [2.05, 4.69) is 35.1 Å². The van der Waals surface area contributed by atoms with Crippen molar-refractivity contribution in [2.45, 2.75) is 26.3 Å². The van der Waals surface area contributed by atoms with Crippen LogP contribution >= 0.6 is 11.3 Å². The SMILES string of the molecule is CCNC(Cc1ccsc1)c1cc(C)cc(F)c1. The smallest absolute Gasteiger partial charge is 0.123 e. The van der Waals surface area contributed by atoms with Gasteiger partial charge >= 0.3 is 0 Å². The quantitative estimate of drug-likeness (QED) is 0.856. The molecule has 18 heavy (non-hydrogen) atoms. The Morgan fingerprint density at radius 3 is 2.78 bits per heavy atom. The van der Waals surface area contributed by atoms with Crippen molar-refractivity contribution in [2.75, 3.05) is 6.54 Å². The molecular formula is C15H18FNS. The maximum absolute atomic E-state index is 13.5. The molecule has 1 atom stereocenters. The highest BCUT2D eigenvalue weighted by Gasteiger charge is 2.12. The number of thiophene rings is 1. The summed E-state index contributed by atoms with van der Waals surface area (Å²) in [4.78, 5) is 0. The lowest BCUT2D eigenvalue weighted by Gasteiger charge is -2.18. The fourth-order valence-electron chi connectivity index (χ4n) is 2.16. The summed E-state index contributed by atoms with van der Waals surface area (Å²) < 4.78 is 13.5. The number of hydrogen-bond acceptors (Lipinski definition) is 2. The van der Waals surface area contributed by atoms with E-state index in [1.54, 1.807) is 23.5 Å². The predicted molar refractivity (Wildman–Crippen MR) is 75.6 cm³/mol. The second-order valence-electron chi connectivity index (χ2n) is 4.51. The van der Waals surface area contributed by atoms with Crippen molar-refractivity contribution in [3.8, 4) is 0 Å². The lowest BCUT2D eigenvalue weighted by atomic mass is 9.98. The monoisotopic (exact) mass is 263 g/mol. The van der Waals surface area contributed by atoms with Gasteiger partial charge in [-0.25, -0.2) is 4.39 Å². The summed E-state index contributed by atoms with van der Waals surface area (Å²) in [5.74, 6) is -0.154. The van der Waals surface area contributed by atoms with Gasteiger partial charge in [-0.15, -0.1) is 0 Å². The van der Waals surface area contributed by atoms with E-state index < -0.39 is 0 Å². The van der Waals surface area contributed by atoms with Gasteiger partial charge in [-0.2, -0.15) is 11.3 Å². The van der Waals surface area contributed by atoms with Crippen molar-refractivity contribution in [1.82, 2.24) is 5.32 Å². The van der Waals surface area contributed by atoms with Crippen LogP contribution in [0.1, 0.15) is 29.7 Å². The zero-order valence-electron chi connectivity index (χ0n) is 10.7. The Hall–Kier alpha value is -1.19. The van der Waals surface area contributed by atoms with Crippen LogP contribution in [0.4, 0.5) is 4.39 Å². The number of aryl methyl sites for hydroxylation is 1. The summed E-state index contributed by atoms with van der Waals surface area (Å²) in [5.41, 5.74) is 3.30. The molecule has 0 amide bonds. The van der Waals surface area contributed by atoms with E-state index in [1.807, 2.05) is 6.92 Å². The first-order valence-corrected chi connectivity index (χ1v) is 7.15. The molecule has 3 heteroatoms. The van der Waals surface area contributed by atoms with Crippen LogP contribution in [0.3, 0.4) is 0 Å². The second kappa shape index (κ2) is 6.12. The maximum Gasteiger partial charge on any atom is 0.123 e.